The van der Waals surface area contributed by atoms with Gasteiger partial charge in [-0.05, 0) is 36.1 Å². The van der Waals surface area contributed by atoms with Crippen LogP contribution in [0.1, 0.15) is 35.0 Å². The van der Waals surface area contributed by atoms with E-state index in [0.717, 1.165) is 45.1 Å². The Hall–Kier alpha value is -3.18. The van der Waals surface area contributed by atoms with Gasteiger partial charge >= 0.3 is 0 Å². The number of nitrogens with zero attached hydrogens (tertiary/aromatic N) is 1. The smallest absolute Gasteiger partial charge is 0.184 e. The monoisotopic (exact) mass is 400 g/mol. The number of methoxy groups -OCH3 is 1. The minimum absolute atomic E-state index is 0.0838. The van der Waals surface area contributed by atoms with Gasteiger partial charge in [0.15, 0.2) is 5.78 Å². The molecule has 2 aromatic heterocycles. The van der Waals surface area contributed by atoms with Crippen LogP contribution in [0.2, 0.25) is 0 Å². The Morgan fingerprint density at radius 2 is 1.93 bits per heavy atom. The van der Waals surface area contributed by atoms with E-state index in [9.17, 15) is 4.79 Å². The molecule has 1 N–H and O–H groups in total. The zero-order valence-electron chi connectivity index (χ0n) is 17.1. The lowest BCUT2D eigenvalue weighted by atomic mass is 10.0. The molecule has 0 bridgehead atoms. The summed E-state index contributed by atoms with van der Waals surface area (Å²) in [4.78, 5) is 20.9. The van der Waals surface area contributed by atoms with E-state index in [1.165, 1.54) is 0 Å². The van der Waals surface area contributed by atoms with Crippen molar-refractivity contribution in [3.8, 4) is 5.75 Å². The molecule has 1 aliphatic rings. The largest absolute Gasteiger partial charge is 0.489 e. The molecule has 1 aliphatic carbocycles. The number of carbonyl (C=O) groups excluding carboxylic acids is 1. The fraction of sp³-hybridized carbons (Fsp3) is 0.280. The van der Waals surface area contributed by atoms with E-state index in [1.54, 1.807) is 13.3 Å². The van der Waals surface area contributed by atoms with Gasteiger partial charge in [-0.3, -0.25) is 9.78 Å². The molecule has 0 spiro atoms. The fourth-order valence-corrected chi connectivity index (χ4v) is 4.13. The molecule has 4 aromatic rings. The normalized spacial score (nSPS) is 18.1. The Balaban J connectivity index is 1.57. The second kappa shape index (κ2) is 7.58. The van der Waals surface area contributed by atoms with Crippen molar-refractivity contribution >= 4 is 27.6 Å². The zero-order chi connectivity index (χ0) is 20.7. The Kier molecular flexibility index (Phi) is 4.75. The summed E-state index contributed by atoms with van der Waals surface area (Å²) in [5.41, 5.74) is 4.39. The van der Waals surface area contributed by atoms with Crippen molar-refractivity contribution in [1.82, 2.24) is 9.97 Å². The fourth-order valence-electron chi connectivity index (χ4n) is 4.13. The van der Waals surface area contributed by atoms with Gasteiger partial charge < -0.3 is 14.5 Å². The van der Waals surface area contributed by atoms with E-state index in [1.807, 2.05) is 48.5 Å². The molecule has 2 atom stereocenters. The summed E-state index contributed by atoms with van der Waals surface area (Å²) < 4.78 is 11.5. The topological polar surface area (TPSA) is 64.2 Å². The van der Waals surface area contributed by atoms with Crippen molar-refractivity contribution in [3.05, 3.63) is 71.5 Å². The third-order valence-electron chi connectivity index (χ3n) is 5.93. The van der Waals surface area contributed by atoms with E-state index < -0.39 is 0 Å². The summed E-state index contributed by atoms with van der Waals surface area (Å²) in [7, 11) is 1.65. The summed E-state index contributed by atoms with van der Waals surface area (Å²) >= 11 is 0. The average Bonchev–Trinajstić information content (AvgIpc) is 3.38. The van der Waals surface area contributed by atoms with Crippen molar-refractivity contribution in [1.29, 1.82) is 0 Å². The highest BCUT2D eigenvalue weighted by molar-refractivity contribution is 6.12. The molecule has 2 heterocycles. The number of Topliss-reactive ketones (excluding diaryl/α,β-unsaturated/α-hetero) is 1. The summed E-state index contributed by atoms with van der Waals surface area (Å²) in [5.74, 6) is 1.44. The van der Waals surface area contributed by atoms with Crippen LogP contribution in [0.15, 0.2) is 54.7 Å². The first-order valence-corrected chi connectivity index (χ1v) is 10.3. The molecule has 5 heteroatoms. The number of carbonyl (C=O) groups is 1. The highest BCUT2D eigenvalue weighted by Crippen LogP contribution is 2.41. The SMILES string of the molecule is COCc1c(C(=O)C2CC2C)ncc2[nH]c3ccc(OCc4ccccc4)cc3c12. The molecule has 0 radical (unpaired) electrons. The molecule has 5 nitrogen and oxygen atoms in total. The highest BCUT2D eigenvalue weighted by atomic mass is 16.5. The van der Waals surface area contributed by atoms with Gasteiger partial charge in [0.2, 0.25) is 0 Å². The predicted octanol–water partition coefficient (Wildman–Crippen LogP) is 5.28. The summed E-state index contributed by atoms with van der Waals surface area (Å²) in [6, 6.07) is 16.1. The maximum Gasteiger partial charge on any atom is 0.184 e. The van der Waals surface area contributed by atoms with Crippen molar-refractivity contribution in [2.45, 2.75) is 26.6 Å². The third-order valence-corrected chi connectivity index (χ3v) is 5.93. The van der Waals surface area contributed by atoms with Crippen molar-refractivity contribution in [3.63, 3.8) is 0 Å². The molecule has 5 rings (SSSR count). The van der Waals surface area contributed by atoms with Crippen molar-refractivity contribution in [2.75, 3.05) is 7.11 Å². The van der Waals surface area contributed by atoms with Crippen LogP contribution >= 0.6 is 0 Å². The Bertz CT molecular complexity index is 1230. The number of rotatable bonds is 7. The quantitative estimate of drug-likeness (QED) is 0.429. The predicted molar refractivity (Wildman–Crippen MR) is 117 cm³/mol. The molecule has 1 fully saturated rings. The van der Waals surface area contributed by atoms with Crippen LogP contribution in [0.4, 0.5) is 0 Å². The van der Waals surface area contributed by atoms with Gasteiger partial charge in [-0.2, -0.15) is 0 Å². The van der Waals surface area contributed by atoms with Crippen LogP contribution in [-0.2, 0) is 18.0 Å². The first-order chi connectivity index (χ1) is 14.7. The Morgan fingerprint density at radius 3 is 2.67 bits per heavy atom. The number of hydrogen-bond acceptors (Lipinski definition) is 4. The maximum absolute atomic E-state index is 13.0. The van der Waals surface area contributed by atoms with Gasteiger partial charge in [-0.15, -0.1) is 0 Å². The molecule has 0 amide bonds. The number of ketones is 1. The molecule has 2 aromatic carbocycles. The van der Waals surface area contributed by atoms with Gasteiger partial charge in [0.05, 0.1) is 18.3 Å². The van der Waals surface area contributed by atoms with Crippen LogP contribution in [0.5, 0.6) is 5.75 Å². The second-order valence-electron chi connectivity index (χ2n) is 8.10. The van der Waals surface area contributed by atoms with E-state index in [2.05, 4.69) is 16.9 Å². The number of benzene rings is 2. The molecular formula is C25H24N2O3. The first kappa shape index (κ1) is 18.8. The number of H-pyrrole nitrogens is 1. The van der Waals surface area contributed by atoms with Crippen molar-refractivity contribution < 1.29 is 14.3 Å². The lowest BCUT2D eigenvalue weighted by Crippen LogP contribution is -2.10. The van der Waals surface area contributed by atoms with E-state index in [4.69, 9.17) is 9.47 Å². The number of ether oxygens (including phenoxy) is 2. The minimum Gasteiger partial charge on any atom is -0.489 e. The summed E-state index contributed by atoms with van der Waals surface area (Å²) in [6.45, 7) is 2.96. The van der Waals surface area contributed by atoms with Gasteiger partial charge in [-0.1, -0.05) is 37.3 Å². The van der Waals surface area contributed by atoms with E-state index in [-0.39, 0.29) is 11.7 Å². The first-order valence-electron chi connectivity index (χ1n) is 10.3. The molecule has 1 saturated carbocycles. The molecule has 0 aliphatic heterocycles. The van der Waals surface area contributed by atoms with Gasteiger partial charge in [-0.25, -0.2) is 0 Å². The number of nitrogens with one attached hydrogen (secondary N) is 1. The second-order valence-corrected chi connectivity index (χ2v) is 8.10. The van der Waals surface area contributed by atoms with Gasteiger partial charge in [0.25, 0.3) is 0 Å². The Labute approximate surface area is 175 Å². The number of hydrogen-bond donors (Lipinski definition) is 1. The third kappa shape index (κ3) is 3.35. The van der Waals surface area contributed by atoms with Gasteiger partial charge in [0.1, 0.15) is 18.1 Å². The van der Waals surface area contributed by atoms with E-state index in [0.29, 0.717) is 24.8 Å². The van der Waals surface area contributed by atoms with Crippen LogP contribution in [0, 0.1) is 11.8 Å². The summed E-state index contributed by atoms with van der Waals surface area (Å²) in [6.07, 6.45) is 2.70. The van der Waals surface area contributed by atoms with Gasteiger partial charge in [0, 0.05) is 34.9 Å². The number of aromatic amines is 1. The standard InChI is InChI=1S/C25H24N2O3/c1-15-10-18(15)25(28)24-20(14-29-2)23-19-11-17(30-13-16-6-4-3-5-7-16)8-9-21(19)27-22(23)12-26-24/h3-9,11-12,15,18,27H,10,13-14H2,1-2H3. The molecule has 0 saturated heterocycles. The lowest BCUT2D eigenvalue weighted by molar-refractivity contribution is 0.0952. The van der Waals surface area contributed by atoms with Crippen LogP contribution in [0.25, 0.3) is 21.8 Å². The number of aromatic nitrogens is 2. The van der Waals surface area contributed by atoms with Crippen LogP contribution < -0.4 is 4.74 Å². The van der Waals surface area contributed by atoms with Crippen molar-refractivity contribution in [2.24, 2.45) is 11.8 Å². The molecule has 30 heavy (non-hydrogen) atoms. The van der Waals surface area contributed by atoms with Crippen LogP contribution in [0.3, 0.4) is 0 Å². The molecule has 152 valence electrons. The molecular weight excluding hydrogens is 376 g/mol. The lowest BCUT2D eigenvalue weighted by Gasteiger charge is -2.10. The van der Waals surface area contributed by atoms with E-state index >= 15 is 0 Å². The minimum atomic E-state index is 0.0838. The summed E-state index contributed by atoms with van der Waals surface area (Å²) in [5, 5.41) is 2.01. The zero-order valence-corrected chi connectivity index (χ0v) is 17.1. The highest BCUT2D eigenvalue weighted by Gasteiger charge is 2.41. The Morgan fingerprint density at radius 1 is 1.13 bits per heavy atom. The molecule has 2 unspecified atom stereocenters. The maximum atomic E-state index is 13.0. The number of fused-ring (bicyclic) bond motifs is 3. The van der Waals surface area contributed by atoms with Crippen LogP contribution in [-0.4, -0.2) is 22.9 Å². The number of pyridine rings is 1. The average molecular weight is 400 g/mol.